The van der Waals surface area contributed by atoms with Crippen LogP contribution in [0.3, 0.4) is 0 Å². The van der Waals surface area contributed by atoms with Crippen LogP contribution in [0.4, 0.5) is 11.4 Å². The Morgan fingerprint density at radius 1 is 0.500 bits per heavy atom. The van der Waals surface area contributed by atoms with Gasteiger partial charge in [0, 0.05) is 10.8 Å². The first-order valence-electron chi connectivity index (χ1n) is 10.7. The van der Waals surface area contributed by atoms with Crippen LogP contribution in [-0.2, 0) is 20.0 Å². The van der Waals surface area contributed by atoms with Gasteiger partial charge in [0.2, 0.25) is 0 Å². The van der Waals surface area contributed by atoms with Crippen LogP contribution in [-0.4, -0.2) is 16.8 Å². The molecule has 0 aliphatic carbocycles. The van der Waals surface area contributed by atoms with Crippen molar-refractivity contribution in [2.24, 2.45) is 0 Å². The number of sulfonamides is 2. The minimum absolute atomic E-state index is 0.00897. The number of aryl methyl sites for hydroxylation is 2. The smallest absolute Gasteiger partial charge is 0.262 e. The molecule has 0 radical (unpaired) electrons. The van der Waals surface area contributed by atoms with E-state index < -0.39 is 20.0 Å². The first-order chi connectivity index (χ1) is 16.0. The van der Waals surface area contributed by atoms with Crippen molar-refractivity contribution in [1.82, 2.24) is 0 Å². The molecule has 0 aliphatic heterocycles. The van der Waals surface area contributed by atoms with E-state index in [1.807, 2.05) is 39.8 Å². The molecule has 0 amide bonds. The summed E-state index contributed by atoms with van der Waals surface area (Å²) < 4.78 is 58.7. The monoisotopic (exact) mass is 494 g/mol. The zero-order valence-electron chi connectivity index (χ0n) is 19.4. The lowest BCUT2D eigenvalue weighted by atomic mass is 10.1. The minimum atomic E-state index is -3.98. The second kappa shape index (κ2) is 8.77. The van der Waals surface area contributed by atoms with Gasteiger partial charge in [-0.3, -0.25) is 9.44 Å². The van der Waals surface area contributed by atoms with Crippen molar-refractivity contribution in [3.05, 3.63) is 95.1 Å². The third-order valence-electron chi connectivity index (χ3n) is 6.12. The summed E-state index contributed by atoms with van der Waals surface area (Å²) in [5, 5.41) is 0.647. The highest BCUT2D eigenvalue weighted by Gasteiger charge is 2.23. The Bertz CT molecular complexity index is 1500. The first-order valence-corrected chi connectivity index (χ1v) is 13.7. The van der Waals surface area contributed by atoms with Crippen LogP contribution in [0.15, 0.2) is 82.6 Å². The van der Waals surface area contributed by atoms with Crippen LogP contribution in [0.25, 0.3) is 10.8 Å². The van der Waals surface area contributed by atoms with Crippen molar-refractivity contribution in [2.75, 3.05) is 9.44 Å². The second-order valence-corrected chi connectivity index (χ2v) is 11.6. The summed E-state index contributed by atoms with van der Waals surface area (Å²) in [6, 6.07) is 20.1. The largest absolute Gasteiger partial charge is 0.279 e. The molecule has 8 heteroatoms. The van der Waals surface area contributed by atoms with E-state index in [0.717, 1.165) is 22.3 Å². The normalized spacial score (nSPS) is 12.0. The van der Waals surface area contributed by atoms with Gasteiger partial charge in [0.1, 0.15) is 0 Å². The van der Waals surface area contributed by atoms with Gasteiger partial charge in [0.25, 0.3) is 20.0 Å². The number of benzene rings is 4. The van der Waals surface area contributed by atoms with Crippen molar-refractivity contribution in [2.45, 2.75) is 37.5 Å². The van der Waals surface area contributed by atoms with Gasteiger partial charge in [-0.2, -0.15) is 0 Å². The number of rotatable bonds is 6. The lowest BCUT2D eigenvalue weighted by Gasteiger charge is -2.16. The zero-order valence-corrected chi connectivity index (χ0v) is 21.0. The highest BCUT2D eigenvalue weighted by Crippen LogP contribution is 2.32. The summed E-state index contributed by atoms with van der Waals surface area (Å²) in [5.41, 5.74) is 4.54. The molecule has 0 aromatic heterocycles. The average molecular weight is 495 g/mol. The molecule has 0 bridgehead atoms. The van der Waals surface area contributed by atoms with Crippen LogP contribution < -0.4 is 9.44 Å². The molecule has 0 saturated carbocycles. The fourth-order valence-corrected chi connectivity index (χ4v) is 6.54. The summed E-state index contributed by atoms with van der Waals surface area (Å²) in [4.78, 5) is 0.0179. The van der Waals surface area contributed by atoms with Crippen LogP contribution in [0, 0.1) is 27.7 Å². The molecule has 4 aromatic carbocycles. The Labute approximate surface area is 200 Å². The maximum Gasteiger partial charge on any atom is 0.262 e. The van der Waals surface area contributed by atoms with Crippen molar-refractivity contribution in [3.63, 3.8) is 0 Å². The quantitative estimate of drug-likeness (QED) is 0.361. The van der Waals surface area contributed by atoms with Gasteiger partial charge >= 0.3 is 0 Å². The average Bonchev–Trinajstić information content (AvgIpc) is 2.79. The van der Waals surface area contributed by atoms with Crippen molar-refractivity contribution in [3.8, 4) is 0 Å². The first kappa shape index (κ1) is 23.8. The molecule has 0 heterocycles. The summed E-state index contributed by atoms with van der Waals surface area (Å²) in [6.07, 6.45) is 0. The van der Waals surface area contributed by atoms with Crippen LogP contribution in [0.2, 0.25) is 0 Å². The fourth-order valence-electron chi connectivity index (χ4n) is 3.84. The van der Waals surface area contributed by atoms with E-state index in [2.05, 4.69) is 9.44 Å². The van der Waals surface area contributed by atoms with E-state index in [9.17, 15) is 16.8 Å². The molecule has 34 heavy (non-hydrogen) atoms. The van der Waals surface area contributed by atoms with E-state index in [1.54, 1.807) is 48.5 Å². The van der Waals surface area contributed by atoms with E-state index in [4.69, 9.17) is 0 Å². The van der Waals surface area contributed by atoms with E-state index in [-0.39, 0.29) is 9.79 Å². The molecule has 6 nitrogen and oxygen atoms in total. The maximum atomic E-state index is 13.3. The maximum absolute atomic E-state index is 13.3. The second-order valence-electron chi connectivity index (χ2n) is 8.31. The lowest BCUT2D eigenvalue weighted by Crippen LogP contribution is -2.16. The number of nitrogens with one attached hydrogen (secondary N) is 2. The zero-order chi connectivity index (χ0) is 24.7. The molecule has 0 spiro atoms. The van der Waals surface area contributed by atoms with Crippen molar-refractivity contribution < 1.29 is 16.8 Å². The topological polar surface area (TPSA) is 92.3 Å². The van der Waals surface area contributed by atoms with Gasteiger partial charge in [0.05, 0.1) is 21.2 Å². The van der Waals surface area contributed by atoms with Gasteiger partial charge in [-0.25, -0.2) is 16.8 Å². The minimum Gasteiger partial charge on any atom is -0.279 e. The van der Waals surface area contributed by atoms with Crippen LogP contribution in [0.5, 0.6) is 0 Å². The molecule has 4 aromatic rings. The van der Waals surface area contributed by atoms with E-state index in [0.29, 0.717) is 22.1 Å². The molecule has 4 rings (SSSR count). The molecule has 176 valence electrons. The molecule has 0 fully saturated rings. The molecular formula is C26H26N2O4S2. The van der Waals surface area contributed by atoms with Crippen LogP contribution in [0.1, 0.15) is 22.3 Å². The summed E-state index contributed by atoms with van der Waals surface area (Å²) in [6.45, 7) is 7.51. The summed E-state index contributed by atoms with van der Waals surface area (Å²) >= 11 is 0. The van der Waals surface area contributed by atoms with Crippen molar-refractivity contribution >= 4 is 42.2 Å². The van der Waals surface area contributed by atoms with Gasteiger partial charge in [-0.15, -0.1) is 0 Å². The molecular weight excluding hydrogens is 468 g/mol. The predicted molar refractivity (Wildman–Crippen MR) is 137 cm³/mol. The Kier molecular flexibility index (Phi) is 6.14. The molecule has 0 unspecified atom stereocenters. The summed E-state index contributed by atoms with van der Waals surface area (Å²) in [7, 11) is -7.96. The Morgan fingerprint density at radius 3 is 1.24 bits per heavy atom. The number of hydrogen-bond donors (Lipinski definition) is 2. The number of anilines is 2. The van der Waals surface area contributed by atoms with Gasteiger partial charge in [0.15, 0.2) is 0 Å². The molecule has 0 atom stereocenters. The van der Waals surface area contributed by atoms with Crippen molar-refractivity contribution in [1.29, 1.82) is 0 Å². The molecule has 2 N–H and O–H groups in total. The number of fused-ring (bicyclic) bond motifs is 1. The van der Waals surface area contributed by atoms with Gasteiger partial charge in [-0.05, 0) is 74.2 Å². The predicted octanol–water partition coefficient (Wildman–Crippen LogP) is 5.68. The lowest BCUT2D eigenvalue weighted by molar-refractivity contribution is 0.599. The standard InChI is InChI=1S/C26H26N2O4S2/c1-17-9-5-13-23(19(17)3)27-33(29,30)25-15-7-12-22-21(25)11-8-16-26(22)34(31,32)28-24-14-6-10-18(2)20(24)4/h5-16,27-28H,1-4H3. The third kappa shape index (κ3) is 4.38. The summed E-state index contributed by atoms with van der Waals surface area (Å²) in [5.74, 6) is 0. The van der Waals surface area contributed by atoms with Crippen LogP contribution >= 0.6 is 0 Å². The van der Waals surface area contributed by atoms with Gasteiger partial charge in [-0.1, -0.05) is 48.5 Å². The molecule has 0 saturated heterocycles. The highest BCUT2D eigenvalue weighted by molar-refractivity contribution is 7.93. The Balaban J connectivity index is 1.81. The Morgan fingerprint density at radius 2 is 0.853 bits per heavy atom. The third-order valence-corrected chi connectivity index (χ3v) is 8.97. The fraction of sp³-hybridized carbons (Fsp3) is 0.154. The number of hydrogen-bond acceptors (Lipinski definition) is 4. The van der Waals surface area contributed by atoms with E-state index >= 15 is 0 Å². The Hall–Kier alpha value is -3.36. The van der Waals surface area contributed by atoms with Gasteiger partial charge < -0.3 is 0 Å². The SMILES string of the molecule is Cc1cccc(NS(=O)(=O)c2cccc3c(S(=O)(=O)Nc4cccc(C)c4C)cccc23)c1C. The van der Waals surface area contributed by atoms with E-state index in [1.165, 1.54) is 12.1 Å². The highest BCUT2D eigenvalue weighted by atomic mass is 32.2. The molecule has 0 aliphatic rings.